The number of hydrogen-bond donors (Lipinski definition) is 1. The Morgan fingerprint density at radius 2 is 2.06 bits per heavy atom. The topological polar surface area (TPSA) is 49.6 Å². The standard InChI is InChI=1S/C13H20BrN3O/c1-4-7-17(9-13(18)16(2)3)12-8-10(14)5-6-11(12)15/h5-6,8H,4,7,9,15H2,1-3H3. The zero-order valence-electron chi connectivity index (χ0n) is 11.1. The molecule has 1 rings (SSSR count). The molecule has 0 spiro atoms. The summed E-state index contributed by atoms with van der Waals surface area (Å²) in [6.45, 7) is 3.24. The second-order valence-corrected chi connectivity index (χ2v) is 5.33. The number of nitrogen functional groups attached to an aromatic ring is 1. The molecular weight excluding hydrogens is 294 g/mol. The van der Waals surface area contributed by atoms with Crippen LogP contribution in [0.2, 0.25) is 0 Å². The van der Waals surface area contributed by atoms with Crippen LogP contribution in [0.5, 0.6) is 0 Å². The number of halogens is 1. The monoisotopic (exact) mass is 313 g/mol. The summed E-state index contributed by atoms with van der Waals surface area (Å²) in [6, 6.07) is 5.70. The van der Waals surface area contributed by atoms with Crippen molar-refractivity contribution >= 4 is 33.2 Å². The average molecular weight is 314 g/mol. The van der Waals surface area contributed by atoms with Gasteiger partial charge in [0.25, 0.3) is 0 Å². The van der Waals surface area contributed by atoms with Crippen LogP contribution in [0.4, 0.5) is 11.4 Å². The summed E-state index contributed by atoms with van der Waals surface area (Å²) in [4.78, 5) is 15.4. The number of hydrogen-bond acceptors (Lipinski definition) is 3. The number of nitrogens with two attached hydrogens (primary N) is 1. The first-order chi connectivity index (χ1) is 8.45. The van der Waals surface area contributed by atoms with Gasteiger partial charge >= 0.3 is 0 Å². The lowest BCUT2D eigenvalue weighted by Crippen LogP contribution is -2.37. The third-order valence-electron chi connectivity index (χ3n) is 2.65. The third kappa shape index (κ3) is 3.91. The van der Waals surface area contributed by atoms with Gasteiger partial charge in [0, 0.05) is 25.1 Å². The van der Waals surface area contributed by atoms with Crippen molar-refractivity contribution < 1.29 is 4.79 Å². The van der Waals surface area contributed by atoms with Crippen molar-refractivity contribution in [2.24, 2.45) is 0 Å². The largest absolute Gasteiger partial charge is 0.397 e. The zero-order valence-corrected chi connectivity index (χ0v) is 12.7. The van der Waals surface area contributed by atoms with E-state index in [4.69, 9.17) is 5.73 Å². The molecule has 5 heteroatoms. The van der Waals surface area contributed by atoms with E-state index >= 15 is 0 Å². The summed E-state index contributed by atoms with van der Waals surface area (Å²) in [7, 11) is 3.52. The molecule has 0 aliphatic heterocycles. The van der Waals surface area contributed by atoms with Crippen LogP contribution in [-0.2, 0) is 4.79 Å². The number of likely N-dealkylation sites (N-methyl/N-ethyl adjacent to an activating group) is 1. The molecule has 0 radical (unpaired) electrons. The van der Waals surface area contributed by atoms with Crippen LogP contribution in [0, 0.1) is 0 Å². The van der Waals surface area contributed by atoms with E-state index in [1.54, 1.807) is 19.0 Å². The van der Waals surface area contributed by atoms with E-state index in [2.05, 4.69) is 22.9 Å². The van der Waals surface area contributed by atoms with Gasteiger partial charge in [-0.15, -0.1) is 0 Å². The van der Waals surface area contributed by atoms with E-state index in [9.17, 15) is 4.79 Å². The van der Waals surface area contributed by atoms with E-state index in [1.165, 1.54) is 0 Å². The number of rotatable bonds is 5. The molecule has 0 fully saturated rings. The van der Waals surface area contributed by atoms with Crippen molar-refractivity contribution in [1.29, 1.82) is 0 Å². The molecule has 0 unspecified atom stereocenters. The van der Waals surface area contributed by atoms with Crippen molar-refractivity contribution in [3.8, 4) is 0 Å². The Morgan fingerprint density at radius 1 is 1.39 bits per heavy atom. The van der Waals surface area contributed by atoms with Gasteiger partial charge in [0.05, 0.1) is 17.9 Å². The van der Waals surface area contributed by atoms with Crippen LogP contribution in [0.3, 0.4) is 0 Å². The second-order valence-electron chi connectivity index (χ2n) is 4.41. The Labute approximate surface area is 117 Å². The number of carbonyl (C=O) groups is 1. The Bertz CT molecular complexity index is 421. The van der Waals surface area contributed by atoms with E-state index < -0.39 is 0 Å². The molecule has 0 saturated carbocycles. The second kappa shape index (κ2) is 6.64. The predicted molar refractivity (Wildman–Crippen MR) is 79.8 cm³/mol. The van der Waals surface area contributed by atoms with Crippen LogP contribution in [0.1, 0.15) is 13.3 Å². The minimum absolute atomic E-state index is 0.0721. The lowest BCUT2D eigenvalue weighted by atomic mass is 10.2. The molecule has 0 bridgehead atoms. The van der Waals surface area contributed by atoms with E-state index in [0.717, 1.165) is 23.1 Å². The molecule has 1 aromatic carbocycles. The number of anilines is 2. The van der Waals surface area contributed by atoms with Gasteiger partial charge in [-0.3, -0.25) is 4.79 Å². The van der Waals surface area contributed by atoms with Crippen LogP contribution >= 0.6 is 15.9 Å². The van der Waals surface area contributed by atoms with Crippen molar-refractivity contribution in [3.63, 3.8) is 0 Å². The summed E-state index contributed by atoms with van der Waals surface area (Å²) >= 11 is 3.43. The van der Waals surface area contributed by atoms with Gasteiger partial charge in [-0.2, -0.15) is 0 Å². The summed E-state index contributed by atoms with van der Waals surface area (Å²) < 4.78 is 0.963. The predicted octanol–water partition coefficient (Wildman–Crippen LogP) is 2.34. The van der Waals surface area contributed by atoms with Gasteiger partial charge in [-0.25, -0.2) is 0 Å². The maximum Gasteiger partial charge on any atom is 0.241 e. The van der Waals surface area contributed by atoms with Crippen molar-refractivity contribution in [2.75, 3.05) is 37.8 Å². The summed E-state index contributed by atoms with van der Waals surface area (Å²) in [5.41, 5.74) is 7.58. The lowest BCUT2D eigenvalue weighted by molar-refractivity contribution is -0.127. The van der Waals surface area contributed by atoms with Gasteiger partial charge in [-0.05, 0) is 24.6 Å². The SMILES string of the molecule is CCCN(CC(=O)N(C)C)c1cc(Br)ccc1N. The molecule has 0 aliphatic rings. The van der Waals surface area contributed by atoms with Crippen molar-refractivity contribution in [2.45, 2.75) is 13.3 Å². The van der Waals surface area contributed by atoms with Gasteiger partial charge in [0.1, 0.15) is 0 Å². The number of benzene rings is 1. The molecule has 4 nitrogen and oxygen atoms in total. The molecule has 0 aromatic heterocycles. The summed E-state index contributed by atoms with van der Waals surface area (Å²) in [6.07, 6.45) is 0.965. The molecule has 2 N–H and O–H groups in total. The third-order valence-corrected chi connectivity index (χ3v) is 3.14. The lowest BCUT2D eigenvalue weighted by Gasteiger charge is -2.26. The highest BCUT2D eigenvalue weighted by Gasteiger charge is 2.14. The highest BCUT2D eigenvalue weighted by molar-refractivity contribution is 9.10. The van der Waals surface area contributed by atoms with E-state index in [0.29, 0.717) is 12.2 Å². The fourth-order valence-electron chi connectivity index (χ4n) is 1.65. The normalized spacial score (nSPS) is 10.2. The smallest absolute Gasteiger partial charge is 0.241 e. The average Bonchev–Trinajstić information content (AvgIpc) is 2.31. The van der Waals surface area contributed by atoms with Gasteiger partial charge < -0.3 is 15.5 Å². The maximum absolute atomic E-state index is 11.8. The van der Waals surface area contributed by atoms with Gasteiger partial charge in [0.2, 0.25) is 5.91 Å². The Morgan fingerprint density at radius 3 is 2.61 bits per heavy atom. The van der Waals surface area contributed by atoms with Crippen LogP contribution < -0.4 is 10.6 Å². The first kappa shape index (κ1) is 14.8. The number of amides is 1. The summed E-state index contributed by atoms with van der Waals surface area (Å²) in [5.74, 6) is 0.0721. The number of nitrogens with zero attached hydrogens (tertiary/aromatic N) is 2. The molecule has 1 aromatic rings. The van der Waals surface area contributed by atoms with Crippen LogP contribution in [0.25, 0.3) is 0 Å². The maximum atomic E-state index is 11.8. The first-order valence-corrected chi connectivity index (χ1v) is 6.75. The molecule has 100 valence electrons. The van der Waals surface area contributed by atoms with Crippen LogP contribution in [-0.4, -0.2) is 38.0 Å². The van der Waals surface area contributed by atoms with E-state index in [1.807, 2.05) is 23.1 Å². The first-order valence-electron chi connectivity index (χ1n) is 5.95. The van der Waals surface area contributed by atoms with Gasteiger partial charge in [0.15, 0.2) is 0 Å². The quantitative estimate of drug-likeness (QED) is 0.849. The molecule has 0 atom stereocenters. The Hall–Kier alpha value is -1.23. The molecule has 0 saturated heterocycles. The van der Waals surface area contributed by atoms with Crippen LogP contribution in [0.15, 0.2) is 22.7 Å². The minimum Gasteiger partial charge on any atom is -0.397 e. The summed E-state index contributed by atoms with van der Waals surface area (Å²) in [5, 5.41) is 0. The molecule has 18 heavy (non-hydrogen) atoms. The highest BCUT2D eigenvalue weighted by Crippen LogP contribution is 2.27. The molecular formula is C13H20BrN3O. The fraction of sp³-hybridized carbons (Fsp3) is 0.462. The molecule has 1 amide bonds. The zero-order chi connectivity index (χ0) is 13.7. The van der Waals surface area contributed by atoms with E-state index in [-0.39, 0.29) is 5.91 Å². The minimum atomic E-state index is 0.0721. The van der Waals surface area contributed by atoms with Crippen molar-refractivity contribution in [3.05, 3.63) is 22.7 Å². The Kier molecular flexibility index (Phi) is 5.47. The molecule has 0 aliphatic carbocycles. The van der Waals surface area contributed by atoms with Gasteiger partial charge in [-0.1, -0.05) is 22.9 Å². The number of carbonyl (C=O) groups excluding carboxylic acids is 1. The Balaban J connectivity index is 2.96. The highest BCUT2D eigenvalue weighted by atomic mass is 79.9. The van der Waals surface area contributed by atoms with Crippen molar-refractivity contribution in [1.82, 2.24) is 4.90 Å². The fourth-order valence-corrected chi connectivity index (χ4v) is 2.00. The molecule has 0 heterocycles.